The van der Waals surface area contributed by atoms with Gasteiger partial charge in [0, 0.05) is 18.3 Å². The van der Waals surface area contributed by atoms with Crippen molar-refractivity contribution >= 4 is 6.29 Å². The molecule has 21 heavy (non-hydrogen) atoms. The molecule has 0 unspecified atom stereocenters. The molecule has 3 nitrogen and oxygen atoms in total. The van der Waals surface area contributed by atoms with E-state index in [2.05, 4.69) is 5.10 Å². The summed E-state index contributed by atoms with van der Waals surface area (Å²) in [6.07, 6.45) is -2.10. The van der Waals surface area contributed by atoms with Crippen molar-refractivity contribution < 1.29 is 18.0 Å². The van der Waals surface area contributed by atoms with Gasteiger partial charge in [0.05, 0.1) is 11.1 Å². The molecule has 0 amide bonds. The summed E-state index contributed by atoms with van der Waals surface area (Å²) < 4.78 is 39.3. The van der Waals surface area contributed by atoms with E-state index in [1.165, 1.54) is 12.1 Å². The van der Waals surface area contributed by atoms with Gasteiger partial charge in [0.2, 0.25) is 0 Å². The third-order valence-electron chi connectivity index (χ3n) is 2.95. The molecule has 1 heterocycles. The zero-order valence-corrected chi connectivity index (χ0v) is 11.7. The van der Waals surface area contributed by atoms with E-state index in [1.807, 2.05) is 13.8 Å². The smallest absolute Gasteiger partial charge is 0.298 e. The molecule has 0 aliphatic carbocycles. The van der Waals surface area contributed by atoms with Gasteiger partial charge < -0.3 is 0 Å². The Balaban J connectivity index is 2.37. The lowest BCUT2D eigenvalue weighted by molar-refractivity contribution is -0.137. The minimum absolute atomic E-state index is 0.352. The van der Waals surface area contributed by atoms with Crippen LogP contribution in [0.5, 0.6) is 0 Å². The van der Waals surface area contributed by atoms with Gasteiger partial charge in [-0.3, -0.25) is 9.48 Å². The van der Waals surface area contributed by atoms with E-state index in [4.69, 9.17) is 0 Å². The van der Waals surface area contributed by atoms with Crippen molar-refractivity contribution in [3.05, 3.63) is 41.6 Å². The normalized spacial score (nSPS) is 11.9. The number of halogens is 3. The highest BCUT2D eigenvalue weighted by Gasteiger charge is 2.30. The second-order valence-corrected chi connectivity index (χ2v) is 5.24. The van der Waals surface area contributed by atoms with Crippen LogP contribution in [-0.4, -0.2) is 16.1 Å². The molecule has 0 aliphatic rings. The molecule has 0 saturated heterocycles. The number of carbonyl (C=O) groups is 1. The number of hydrogen-bond acceptors (Lipinski definition) is 2. The average Bonchev–Trinajstić information content (AvgIpc) is 2.80. The summed E-state index contributed by atoms with van der Waals surface area (Å²) in [5.41, 5.74) is 0.544. The Morgan fingerprint density at radius 1 is 1.24 bits per heavy atom. The lowest BCUT2D eigenvalue weighted by Crippen LogP contribution is -2.05. The number of nitrogens with zero attached hydrogens (tertiary/aromatic N) is 2. The molecule has 1 aromatic carbocycles. The number of aldehydes is 1. The van der Waals surface area contributed by atoms with Crippen LogP contribution in [0, 0.1) is 5.92 Å². The number of alkyl halides is 3. The van der Waals surface area contributed by atoms with E-state index in [0.29, 0.717) is 35.6 Å². The van der Waals surface area contributed by atoms with E-state index in [9.17, 15) is 18.0 Å². The molecular formula is C15H15F3N2O. The first-order valence-corrected chi connectivity index (χ1v) is 6.51. The van der Waals surface area contributed by atoms with Crippen LogP contribution >= 0.6 is 0 Å². The fourth-order valence-electron chi connectivity index (χ4n) is 2.03. The predicted octanol–water partition coefficient (Wildman–Crippen LogP) is 4.04. The maximum absolute atomic E-state index is 12.5. The zero-order chi connectivity index (χ0) is 15.6. The second kappa shape index (κ2) is 5.71. The molecule has 0 saturated carbocycles. The molecular weight excluding hydrogens is 281 g/mol. The van der Waals surface area contributed by atoms with Crippen LogP contribution in [0.4, 0.5) is 13.2 Å². The Morgan fingerprint density at radius 2 is 1.86 bits per heavy atom. The summed E-state index contributed by atoms with van der Waals surface area (Å²) >= 11 is 0. The van der Waals surface area contributed by atoms with Gasteiger partial charge in [0.25, 0.3) is 0 Å². The van der Waals surface area contributed by atoms with Gasteiger partial charge in [-0.25, -0.2) is 0 Å². The third-order valence-corrected chi connectivity index (χ3v) is 2.95. The van der Waals surface area contributed by atoms with Gasteiger partial charge in [-0.05, 0) is 18.1 Å². The highest BCUT2D eigenvalue weighted by atomic mass is 19.4. The SMILES string of the molecule is CC(C)Cn1cc(C=O)c(-c2ccc(C(F)(F)F)cc2)n1. The number of aromatic nitrogens is 2. The Bertz CT molecular complexity index is 627. The summed E-state index contributed by atoms with van der Waals surface area (Å²) in [5, 5.41) is 4.29. The van der Waals surface area contributed by atoms with Crippen molar-refractivity contribution in [3.8, 4) is 11.3 Å². The number of benzene rings is 1. The minimum atomic E-state index is -4.37. The van der Waals surface area contributed by atoms with Crippen LogP contribution in [0.2, 0.25) is 0 Å². The topological polar surface area (TPSA) is 34.9 Å². The molecule has 0 spiro atoms. The number of hydrogen-bond donors (Lipinski definition) is 0. The molecule has 6 heteroatoms. The molecule has 2 rings (SSSR count). The van der Waals surface area contributed by atoms with Crippen molar-refractivity contribution in [1.29, 1.82) is 0 Å². The van der Waals surface area contributed by atoms with Gasteiger partial charge in [0.1, 0.15) is 5.69 Å². The first-order valence-electron chi connectivity index (χ1n) is 6.51. The first kappa shape index (κ1) is 15.3. The van der Waals surface area contributed by atoms with Crippen LogP contribution in [0.3, 0.4) is 0 Å². The highest BCUT2D eigenvalue weighted by molar-refractivity contribution is 5.85. The highest BCUT2D eigenvalue weighted by Crippen LogP contribution is 2.31. The van der Waals surface area contributed by atoms with Gasteiger partial charge >= 0.3 is 6.18 Å². The van der Waals surface area contributed by atoms with Crippen molar-refractivity contribution in [3.63, 3.8) is 0 Å². The van der Waals surface area contributed by atoms with E-state index in [0.717, 1.165) is 12.1 Å². The Kier molecular flexibility index (Phi) is 4.16. The van der Waals surface area contributed by atoms with Gasteiger partial charge in [-0.15, -0.1) is 0 Å². The van der Waals surface area contributed by atoms with Gasteiger partial charge in [-0.1, -0.05) is 26.0 Å². The van der Waals surface area contributed by atoms with E-state index < -0.39 is 11.7 Å². The Hall–Kier alpha value is -2.11. The maximum atomic E-state index is 12.5. The average molecular weight is 296 g/mol. The van der Waals surface area contributed by atoms with E-state index in [1.54, 1.807) is 10.9 Å². The van der Waals surface area contributed by atoms with Gasteiger partial charge in [-0.2, -0.15) is 18.3 Å². The standard InChI is InChI=1S/C15H15F3N2O/c1-10(2)7-20-8-12(9-21)14(19-20)11-3-5-13(6-4-11)15(16,17)18/h3-6,8-10H,7H2,1-2H3. The van der Waals surface area contributed by atoms with Crippen LogP contribution in [0.15, 0.2) is 30.5 Å². The minimum Gasteiger partial charge on any atom is -0.298 e. The van der Waals surface area contributed by atoms with E-state index in [-0.39, 0.29) is 0 Å². The van der Waals surface area contributed by atoms with Crippen molar-refractivity contribution in [2.75, 3.05) is 0 Å². The van der Waals surface area contributed by atoms with Crippen LogP contribution in [-0.2, 0) is 12.7 Å². The largest absolute Gasteiger partial charge is 0.416 e. The lowest BCUT2D eigenvalue weighted by Gasteiger charge is -2.07. The Morgan fingerprint density at radius 3 is 2.33 bits per heavy atom. The molecule has 2 aromatic rings. The summed E-state index contributed by atoms with van der Waals surface area (Å²) in [5.74, 6) is 0.352. The van der Waals surface area contributed by atoms with Crippen molar-refractivity contribution in [1.82, 2.24) is 9.78 Å². The zero-order valence-electron chi connectivity index (χ0n) is 11.7. The summed E-state index contributed by atoms with van der Waals surface area (Å²) in [4.78, 5) is 11.1. The quantitative estimate of drug-likeness (QED) is 0.798. The molecule has 0 radical (unpaired) electrons. The molecule has 0 atom stereocenters. The lowest BCUT2D eigenvalue weighted by atomic mass is 10.1. The first-order chi connectivity index (χ1) is 9.81. The second-order valence-electron chi connectivity index (χ2n) is 5.24. The molecule has 112 valence electrons. The van der Waals surface area contributed by atoms with Crippen LogP contribution < -0.4 is 0 Å². The fraction of sp³-hybridized carbons (Fsp3) is 0.333. The maximum Gasteiger partial charge on any atom is 0.416 e. The summed E-state index contributed by atoms with van der Waals surface area (Å²) in [7, 11) is 0. The van der Waals surface area contributed by atoms with Gasteiger partial charge in [0.15, 0.2) is 6.29 Å². The van der Waals surface area contributed by atoms with E-state index >= 15 is 0 Å². The number of rotatable bonds is 4. The van der Waals surface area contributed by atoms with Crippen molar-refractivity contribution in [2.24, 2.45) is 5.92 Å². The molecule has 0 aliphatic heterocycles. The monoisotopic (exact) mass is 296 g/mol. The third kappa shape index (κ3) is 3.51. The molecule has 1 aromatic heterocycles. The number of carbonyl (C=O) groups excluding carboxylic acids is 1. The fourth-order valence-corrected chi connectivity index (χ4v) is 2.03. The summed E-state index contributed by atoms with van der Waals surface area (Å²) in [6, 6.07) is 4.65. The van der Waals surface area contributed by atoms with Crippen LogP contribution in [0.1, 0.15) is 29.8 Å². The molecule has 0 fully saturated rings. The van der Waals surface area contributed by atoms with Crippen LogP contribution in [0.25, 0.3) is 11.3 Å². The summed E-state index contributed by atoms with van der Waals surface area (Å²) in [6.45, 7) is 4.67. The molecule has 0 bridgehead atoms. The Labute approximate surface area is 120 Å². The van der Waals surface area contributed by atoms with Crippen molar-refractivity contribution in [2.45, 2.75) is 26.6 Å². The predicted molar refractivity (Wildman–Crippen MR) is 72.9 cm³/mol. The molecule has 0 N–H and O–H groups in total.